The SMILES string of the molecule is CC(C(=O)O)S(=O)(=O)Nc1ccc(Br)c(C(F)(F)F)c1. The van der Waals surface area contributed by atoms with Crippen molar-refractivity contribution in [1.29, 1.82) is 0 Å². The van der Waals surface area contributed by atoms with E-state index in [-0.39, 0.29) is 10.2 Å². The Hall–Kier alpha value is -1.29. The Morgan fingerprint density at radius 3 is 2.40 bits per heavy atom. The monoisotopic (exact) mass is 375 g/mol. The zero-order chi connectivity index (χ0) is 15.7. The summed E-state index contributed by atoms with van der Waals surface area (Å²) in [7, 11) is -4.32. The van der Waals surface area contributed by atoms with Crippen LogP contribution in [0, 0.1) is 0 Å². The summed E-state index contributed by atoms with van der Waals surface area (Å²) < 4.78 is 62.7. The third-order valence-corrected chi connectivity index (χ3v) is 4.69. The van der Waals surface area contributed by atoms with Crippen molar-refractivity contribution in [2.75, 3.05) is 4.72 Å². The van der Waals surface area contributed by atoms with Crippen LogP contribution < -0.4 is 4.72 Å². The fraction of sp³-hybridized carbons (Fsp3) is 0.300. The first-order chi connectivity index (χ1) is 8.95. The fourth-order valence-corrected chi connectivity index (χ4v) is 2.56. The van der Waals surface area contributed by atoms with E-state index in [2.05, 4.69) is 15.9 Å². The highest BCUT2D eigenvalue weighted by Gasteiger charge is 2.34. The first-order valence-corrected chi connectivity index (χ1v) is 7.40. The molecule has 0 bridgehead atoms. The normalized spacial score (nSPS) is 13.8. The van der Waals surface area contributed by atoms with Gasteiger partial charge >= 0.3 is 12.1 Å². The van der Waals surface area contributed by atoms with Gasteiger partial charge in [0.25, 0.3) is 0 Å². The van der Waals surface area contributed by atoms with Gasteiger partial charge in [-0.1, -0.05) is 15.9 Å². The van der Waals surface area contributed by atoms with Gasteiger partial charge in [0.05, 0.1) is 5.56 Å². The lowest BCUT2D eigenvalue weighted by atomic mass is 10.2. The number of carbonyl (C=O) groups is 1. The number of hydrogen-bond donors (Lipinski definition) is 2. The fourth-order valence-electron chi connectivity index (χ4n) is 1.19. The van der Waals surface area contributed by atoms with Crippen LogP contribution in [0.25, 0.3) is 0 Å². The van der Waals surface area contributed by atoms with Crippen molar-refractivity contribution < 1.29 is 31.5 Å². The maximum atomic E-state index is 12.6. The van der Waals surface area contributed by atoms with Crippen LogP contribution in [-0.4, -0.2) is 24.7 Å². The molecule has 0 radical (unpaired) electrons. The molecule has 0 aliphatic rings. The van der Waals surface area contributed by atoms with Crippen molar-refractivity contribution in [3.63, 3.8) is 0 Å². The smallest absolute Gasteiger partial charge is 0.417 e. The summed E-state index contributed by atoms with van der Waals surface area (Å²) in [6, 6.07) is 2.69. The van der Waals surface area contributed by atoms with Crippen LogP contribution in [0.1, 0.15) is 12.5 Å². The van der Waals surface area contributed by atoms with E-state index in [1.807, 2.05) is 4.72 Å². The lowest BCUT2D eigenvalue weighted by Gasteiger charge is -2.14. The number of rotatable bonds is 4. The highest BCUT2D eigenvalue weighted by atomic mass is 79.9. The van der Waals surface area contributed by atoms with Crippen molar-refractivity contribution in [3.05, 3.63) is 28.2 Å². The second-order valence-electron chi connectivity index (χ2n) is 3.82. The Morgan fingerprint density at radius 2 is 1.95 bits per heavy atom. The molecular formula is C10H9BrF3NO4S. The molecule has 112 valence electrons. The van der Waals surface area contributed by atoms with Gasteiger partial charge in [0, 0.05) is 10.2 Å². The van der Waals surface area contributed by atoms with Crippen LogP contribution in [0.2, 0.25) is 0 Å². The summed E-state index contributed by atoms with van der Waals surface area (Å²) >= 11 is 2.71. The van der Waals surface area contributed by atoms with Crippen LogP contribution >= 0.6 is 15.9 Å². The van der Waals surface area contributed by atoms with Gasteiger partial charge in [-0.25, -0.2) is 8.42 Å². The topological polar surface area (TPSA) is 83.5 Å². The average Bonchev–Trinajstić information content (AvgIpc) is 2.28. The van der Waals surface area contributed by atoms with E-state index in [0.717, 1.165) is 19.1 Å². The predicted molar refractivity (Wildman–Crippen MR) is 68.8 cm³/mol. The van der Waals surface area contributed by atoms with Crippen molar-refractivity contribution in [1.82, 2.24) is 0 Å². The second kappa shape index (κ2) is 5.60. The van der Waals surface area contributed by atoms with E-state index in [9.17, 15) is 26.4 Å². The van der Waals surface area contributed by atoms with Gasteiger partial charge in [0.15, 0.2) is 5.25 Å². The van der Waals surface area contributed by atoms with Gasteiger partial charge in [-0.05, 0) is 25.1 Å². The van der Waals surface area contributed by atoms with Crippen LogP contribution in [0.4, 0.5) is 18.9 Å². The summed E-state index contributed by atoms with van der Waals surface area (Å²) in [5, 5.41) is 6.83. The molecule has 20 heavy (non-hydrogen) atoms. The Labute approximate surface area is 121 Å². The first kappa shape index (κ1) is 16.8. The minimum absolute atomic E-state index is 0.251. The van der Waals surface area contributed by atoms with E-state index in [0.29, 0.717) is 6.07 Å². The molecule has 0 saturated heterocycles. The molecule has 2 N–H and O–H groups in total. The molecule has 10 heteroatoms. The highest BCUT2D eigenvalue weighted by molar-refractivity contribution is 9.10. The minimum Gasteiger partial charge on any atom is -0.480 e. The first-order valence-electron chi connectivity index (χ1n) is 5.06. The molecule has 1 unspecified atom stereocenters. The Bertz CT molecular complexity index is 630. The van der Waals surface area contributed by atoms with Crippen molar-refractivity contribution >= 4 is 37.6 Å². The molecule has 1 aromatic rings. The molecule has 0 aliphatic carbocycles. The van der Waals surface area contributed by atoms with Crippen molar-refractivity contribution in [2.24, 2.45) is 0 Å². The summed E-state index contributed by atoms with van der Waals surface area (Å²) in [6.45, 7) is 0.911. The number of alkyl halides is 3. The van der Waals surface area contributed by atoms with E-state index in [1.54, 1.807) is 0 Å². The quantitative estimate of drug-likeness (QED) is 0.847. The van der Waals surface area contributed by atoms with Gasteiger partial charge in [-0.15, -0.1) is 0 Å². The van der Waals surface area contributed by atoms with Gasteiger partial charge in [-0.3, -0.25) is 9.52 Å². The number of halogens is 4. The molecule has 1 rings (SSSR count). The predicted octanol–water partition coefficient (Wildman–Crippen LogP) is 2.68. The molecule has 5 nitrogen and oxygen atoms in total. The second-order valence-corrected chi connectivity index (χ2v) is 6.68. The lowest BCUT2D eigenvalue weighted by molar-refractivity contribution is -0.138. The maximum absolute atomic E-state index is 12.6. The zero-order valence-electron chi connectivity index (χ0n) is 9.90. The largest absolute Gasteiger partial charge is 0.480 e. The number of aliphatic carboxylic acids is 1. The maximum Gasteiger partial charge on any atom is 0.417 e. The number of sulfonamides is 1. The molecule has 0 aromatic heterocycles. The van der Waals surface area contributed by atoms with E-state index in [4.69, 9.17) is 5.11 Å². The lowest BCUT2D eigenvalue weighted by Crippen LogP contribution is -2.32. The molecule has 0 amide bonds. The van der Waals surface area contributed by atoms with Crippen LogP contribution in [0.5, 0.6) is 0 Å². The van der Waals surface area contributed by atoms with Crippen LogP contribution in [0.3, 0.4) is 0 Å². The third-order valence-electron chi connectivity index (χ3n) is 2.35. The molecule has 0 fully saturated rings. The molecule has 1 aromatic carbocycles. The molecular weight excluding hydrogens is 367 g/mol. The summed E-state index contributed by atoms with van der Waals surface area (Å²) in [6.07, 6.45) is -4.67. The number of nitrogens with one attached hydrogen (secondary N) is 1. The summed E-state index contributed by atoms with van der Waals surface area (Å²) in [5.41, 5.74) is -1.44. The van der Waals surface area contributed by atoms with Gasteiger partial charge in [0.2, 0.25) is 10.0 Å². The third kappa shape index (κ3) is 3.85. The van der Waals surface area contributed by atoms with Crippen molar-refractivity contribution in [3.8, 4) is 0 Å². The number of carboxylic acid groups (broad SMARTS) is 1. The Kier molecular flexibility index (Phi) is 4.70. The average molecular weight is 376 g/mol. The molecule has 0 aliphatic heterocycles. The Balaban J connectivity index is 3.15. The number of benzene rings is 1. The molecule has 0 spiro atoms. The minimum atomic E-state index is -4.67. The van der Waals surface area contributed by atoms with Gasteiger partial charge in [0.1, 0.15) is 0 Å². The number of anilines is 1. The Morgan fingerprint density at radius 1 is 1.40 bits per heavy atom. The van der Waals surface area contributed by atoms with Crippen molar-refractivity contribution in [2.45, 2.75) is 18.3 Å². The highest BCUT2D eigenvalue weighted by Crippen LogP contribution is 2.36. The van der Waals surface area contributed by atoms with E-state index >= 15 is 0 Å². The van der Waals surface area contributed by atoms with Gasteiger partial charge in [-0.2, -0.15) is 13.2 Å². The standard InChI is InChI=1S/C10H9BrF3NO4S/c1-5(9(16)17)20(18,19)15-6-2-3-8(11)7(4-6)10(12,13)14/h2-5,15H,1H3,(H,16,17). The molecule has 0 saturated carbocycles. The molecule has 1 atom stereocenters. The van der Waals surface area contributed by atoms with Crippen LogP contribution in [0.15, 0.2) is 22.7 Å². The van der Waals surface area contributed by atoms with E-state index in [1.165, 1.54) is 0 Å². The van der Waals surface area contributed by atoms with Crippen LogP contribution in [-0.2, 0) is 21.0 Å². The summed E-state index contributed by atoms with van der Waals surface area (Å²) in [5.74, 6) is -1.61. The summed E-state index contributed by atoms with van der Waals surface area (Å²) in [4.78, 5) is 10.6. The molecule has 0 heterocycles. The van der Waals surface area contributed by atoms with Gasteiger partial charge < -0.3 is 5.11 Å². The zero-order valence-corrected chi connectivity index (χ0v) is 12.3. The van der Waals surface area contributed by atoms with E-state index < -0.39 is 33.0 Å². The number of carboxylic acids is 1. The number of hydrogen-bond acceptors (Lipinski definition) is 3.